The Morgan fingerprint density at radius 2 is 1.72 bits per heavy atom. The third-order valence-corrected chi connectivity index (χ3v) is 5.66. The molecule has 2 aromatic carbocycles. The van der Waals surface area contributed by atoms with Crippen LogP contribution in [0.4, 0.5) is 16.3 Å². The van der Waals surface area contributed by atoms with Crippen LogP contribution < -0.4 is 15.4 Å². The molecule has 1 fully saturated rings. The van der Waals surface area contributed by atoms with E-state index in [1.165, 1.54) is 0 Å². The van der Waals surface area contributed by atoms with Gasteiger partial charge in [0.2, 0.25) is 0 Å². The number of ether oxygens (including phenoxy) is 1. The van der Waals surface area contributed by atoms with E-state index in [0.717, 1.165) is 42.9 Å². The fourth-order valence-electron chi connectivity index (χ4n) is 3.59. The highest BCUT2D eigenvalue weighted by Crippen LogP contribution is 2.24. The number of nitrogens with zero attached hydrogens (tertiary/aromatic N) is 2. The Labute approximate surface area is 211 Å². The number of rotatable bonds is 7. The van der Waals surface area contributed by atoms with E-state index in [0.29, 0.717) is 23.9 Å². The van der Waals surface area contributed by atoms with Crippen molar-refractivity contribution in [2.24, 2.45) is 0 Å². The predicted molar refractivity (Wildman–Crippen MR) is 139 cm³/mol. The molecule has 0 unspecified atom stereocenters. The van der Waals surface area contributed by atoms with Gasteiger partial charge in [0.05, 0.1) is 12.7 Å². The van der Waals surface area contributed by atoms with Gasteiger partial charge in [0, 0.05) is 47.9 Å². The lowest BCUT2D eigenvalue weighted by atomic mass is 9.93. The van der Waals surface area contributed by atoms with Crippen LogP contribution in [0.15, 0.2) is 59.1 Å². The Morgan fingerprint density at radius 3 is 2.31 bits per heavy atom. The van der Waals surface area contributed by atoms with Crippen molar-refractivity contribution >= 4 is 17.5 Å². The number of aliphatic hydroxyl groups is 1. The molecule has 0 atom stereocenters. The number of amides is 2. The maximum absolute atomic E-state index is 12.3. The molecule has 1 saturated heterocycles. The summed E-state index contributed by atoms with van der Waals surface area (Å²) in [5.74, 6) is 8.15. The van der Waals surface area contributed by atoms with Crippen molar-refractivity contribution in [3.8, 4) is 17.6 Å². The molecule has 0 spiro atoms. The molecule has 3 aromatic rings. The molecule has 2 heterocycles. The zero-order valence-corrected chi connectivity index (χ0v) is 20.9. The van der Waals surface area contributed by atoms with Crippen molar-refractivity contribution < 1.29 is 19.2 Å². The van der Waals surface area contributed by atoms with Crippen molar-refractivity contribution in [2.75, 3.05) is 36.9 Å². The minimum atomic E-state index is -0.399. The number of urea groups is 1. The summed E-state index contributed by atoms with van der Waals surface area (Å²) >= 11 is 0. The quantitative estimate of drug-likeness (QED) is 0.335. The Morgan fingerprint density at radius 1 is 1.08 bits per heavy atom. The molecule has 2 amide bonds. The molecule has 3 N–H and O–H groups in total. The second kappa shape index (κ2) is 11.3. The number of aromatic nitrogens is 1. The Balaban J connectivity index is 1.22. The SMILES string of the molecule is CC(C)(C)c1cc(NC(=O)Nc2ccc(C#Cc3ccc(OCCCN4CC(O)C4)cc3)cc2)no1. The van der Waals surface area contributed by atoms with Gasteiger partial charge in [0.25, 0.3) is 0 Å². The molecule has 1 aromatic heterocycles. The Bertz CT molecular complexity index is 1210. The summed E-state index contributed by atoms with van der Waals surface area (Å²) in [5, 5.41) is 18.6. The first-order valence-corrected chi connectivity index (χ1v) is 12.1. The molecule has 8 heteroatoms. The Kier molecular flexibility index (Phi) is 7.93. The average Bonchev–Trinajstić information content (AvgIpc) is 3.30. The third-order valence-electron chi connectivity index (χ3n) is 5.66. The zero-order valence-electron chi connectivity index (χ0n) is 20.9. The van der Waals surface area contributed by atoms with Gasteiger partial charge in [-0.15, -0.1) is 0 Å². The van der Waals surface area contributed by atoms with Crippen LogP contribution in [0.5, 0.6) is 5.75 Å². The summed E-state index contributed by atoms with van der Waals surface area (Å²) < 4.78 is 11.1. The molecular formula is C28H32N4O4. The lowest BCUT2D eigenvalue weighted by Gasteiger charge is -2.35. The highest BCUT2D eigenvalue weighted by molar-refractivity contribution is 5.99. The van der Waals surface area contributed by atoms with Crippen LogP contribution in [-0.2, 0) is 5.41 Å². The lowest BCUT2D eigenvalue weighted by molar-refractivity contribution is 0.0000474. The van der Waals surface area contributed by atoms with E-state index in [-0.39, 0.29) is 11.5 Å². The van der Waals surface area contributed by atoms with Crippen LogP contribution in [0.1, 0.15) is 44.1 Å². The first-order chi connectivity index (χ1) is 17.2. The number of anilines is 2. The summed E-state index contributed by atoms with van der Waals surface area (Å²) in [6.45, 7) is 9.16. The smallest absolute Gasteiger partial charge is 0.324 e. The number of aliphatic hydroxyl groups excluding tert-OH is 1. The van der Waals surface area contributed by atoms with Gasteiger partial charge in [0.1, 0.15) is 11.5 Å². The van der Waals surface area contributed by atoms with Crippen molar-refractivity contribution in [1.29, 1.82) is 0 Å². The lowest BCUT2D eigenvalue weighted by Crippen LogP contribution is -2.50. The number of carbonyl (C=O) groups excluding carboxylic acids is 1. The number of nitrogens with one attached hydrogen (secondary N) is 2. The molecular weight excluding hydrogens is 456 g/mol. The van der Waals surface area contributed by atoms with Crippen LogP contribution in [-0.4, -0.2) is 53.5 Å². The fourth-order valence-corrected chi connectivity index (χ4v) is 3.59. The number of carbonyl (C=O) groups is 1. The van der Waals surface area contributed by atoms with Crippen molar-refractivity contribution in [3.05, 3.63) is 71.5 Å². The number of hydrogen-bond donors (Lipinski definition) is 3. The van der Waals surface area contributed by atoms with Crippen LogP contribution in [0.3, 0.4) is 0 Å². The molecule has 1 aliphatic rings. The minimum Gasteiger partial charge on any atom is -0.494 e. The van der Waals surface area contributed by atoms with Crippen LogP contribution in [0, 0.1) is 11.8 Å². The standard InChI is InChI=1S/C28H32N4O4/c1-28(2,3)25-17-26(31-36-25)30-27(34)29-22-11-7-20(8-12-22)5-6-21-9-13-24(14-10-21)35-16-4-15-32-18-23(33)19-32/h7-14,17,23,33H,4,15-16,18-19H2,1-3H3,(H2,29,30,31,34). The van der Waals surface area contributed by atoms with Crippen LogP contribution in [0.2, 0.25) is 0 Å². The fraction of sp³-hybridized carbons (Fsp3) is 0.357. The minimum absolute atomic E-state index is 0.158. The van der Waals surface area contributed by atoms with Gasteiger partial charge < -0.3 is 19.7 Å². The monoisotopic (exact) mass is 488 g/mol. The number of hydrogen-bond acceptors (Lipinski definition) is 6. The topological polar surface area (TPSA) is 99.9 Å². The Hall–Kier alpha value is -3.80. The average molecular weight is 489 g/mol. The first-order valence-electron chi connectivity index (χ1n) is 12.1. The molecule has 36 heavy (non-hydrogen) atoms. The first kappa shape index (κ1) is 25.3. The second-order valence-corrected chi connectivity index (χ2v) is 9.87. The second-order valence-electron chi connectivity index (χ2n) is 9.87. The van der Waals surface area contributed by atoms with Gasteiger partial charge in [-0.1, -0.05) is 37.8 Å². The maximum atomic E-state index is 12.3. The predicted octanol–water partition coefficient (Wildman–Crippen LogP) is 4.46. The number of β-amino-alcohol motifs (C(OH)–C–C–N with tert-alkyl or cyclic N) is 1. The van der Waals surface area contributed by atoms with Gasteiger partial charge in [-0.2, -0.15) is 0 Å². The highest BCUT2D eigenvalue weighted by atomic mass is 16.5. The number of benzene rings is 2. The molecule has 1 aliphatic heterocycles. The highest BCUT2D eigenvalue weighted by Gasteiger charge is 2.23. The molecule has 0 aliphatic carbocycles. The molecule has 0 bridgehead atoms. The van der Waals surface area contributed by atoms with Crippen LogP contribution >= 0.6 is 0 Å². The summed E-state index contributed by atoms with van der Waals surface area (Å²) in [6, 6.07) is 16.3. The van der Waals surface area contributed by atoms with E-state index < -0.39 is 6.03 Å². The van der Waals surface area contributed by atoms with E-state index in [2.05, 4.69) is 32.5 Å². The van der Waals surface area contributed by atoms with E-state index in [1.807, 2.05) is 57.2 Å². The zero-order chi connectivity index (χ0) is 25.5. The van der Waals surface area contributed by atoms with Crippen molar-refractivity contribution in [3.63, 3.8) is 0 Å². The summed E-state index contributed by atoms with van der Waals surface area (Å²) in [6.07, 6.45) is 0.771. The third kappa shape index (κ3) is 7.35. The molecule has 4 rings (SSSR count). The number of likely N-dealkylation sites (tertiary alicyclic amines) is 1. The molecule has 8 nitrogen and oxygen atoms in total. The summed E-state index contributed by atoms with van der Waals surface area (Å²) in [7, 11) is 0. The van der Waals surface area contributed by atoms with Gasteiger partial charge in [-0.25, -0.2) is 4.79 Å². The maximum Gasteiger partial charge on any atom is 0.324 e. The van der Waals surface area contributed by atoms with E-state index in [4.69, 9.17) is 9.26 Å². The van der Waals surface area contributed by atoms with Gasteiger partial charge in [-0.05, 0) is 55.0 Å². The van der Waals surface area contributed by atoms with Crippen molar-refractivity contribution in [2.45, 2.75) is 38.7 Å². The summed E-state index contributed by atoms with van der Waals surface area (Å²) in [5.41, 5.74) is 2.18. The molecule has 0 saturated carbocycles. The van der Waals surface area contributed by atoms with E-state index in [9.17, 15) is 9.90 Å². The molecule has 188 valence electrons. The van der Waals surface area contributed by atoms with Gasteiger partial charge in [-0.3, -0.25) is 10.2 Å². The van der Waals surface area contributed by atoms with Crippen LogP contribution in [0.25, 0.3) is 0 Å². The summed E-state index contributed by atoms with van der Waals surface area (Å²) in [4.78, 5) is 14.5. The van der Waals surface area contributed by atoms with Gasteiger partial charge >= 0.3 is 6.03 Å². The largest absolute Gasteiger partial charge is 0.494 e. The van der Waals surface area contributed by atoms with E-state index >= 15 is 0 Å². The molecule has 0 radical (unpaired) electrons. The van der Waals surface area contributed by atoms with Gasteiger partial charge in [0.15, 0.2) is 5.82 Å². The van der Waals surface area contributed by atoms with E-state index in [1.54, 1.807) is 18.2 Å². The normalized spacial score (nSPS) is 13.9. The van der Waals surface area contributed by atoms with Crippen molar-refractivity contribution in [1.82, 2.24) is 10.1 Å².